The Morgan fingerprint density at radius 2 is 2.28 bits per heavy atom. The van der Waals surface area contributed by atoms with E-state index < -0.39 is 0 Å². The number of hydrogen-bond donors (Lipinski definition) is 2. The number of anilines is 1. The molecule has 3 N–H and O–H groups in total. The van der Waals surface area contributed by atoms with Gasteiger partial charge in [0.05, 0.1) is 0 Å². The molecule has 0 aliphatic heterocycles. The predicted molar refractivity (Wildman–Crippen MR) is 79.8 cm³/mol. The molecule has 0 bridgehead atoms. The monoisotopic (exact) mass is 263 g/mol. The first kappa shape index (κ1) is 13.3. The van der Waals surface area contributed by atoms with Gasteiger partial charge in [0.2, 0.25) is 0 Å². The highest BCUT2D eigenvalue weighted by molar-refractivity contribution is 7.80. The van der Waals surface area contributed by atoms with Crippen molar-refractivity contribution in [2.24, 2.45) is 11.1 Å². The lowest BCUT2D eigenvalue weighted by Crippen LogP contribution is -2.32. The normalized spacial score (nSPS) is 22.4. The molecule has 18 heavy (non-hydrogen) atoms. The van der Waals surface area contributed by atoms with E-state index in [1.807, 2.05) is 12.1 Å². The summed E-state index contributed by atoms with van der Waals surface area (Å²) >= 11 is 4.91. The standard InChI is InChI=1S/C14H21N3S/c1-14(2)7-3-4-11(8-14)17-12-6-5-10(9-16-12)13(15)18/h5-6,9,11H,3-4,7-8H2,1-2H3,(H2,15,18)(H,16,17). The SMILES string of the molecule is CC1(C)CCCC(Nc2ccc(C(N)=S)cn2)C1. The second kappa shape index (κ2) is 5.22. The Balaban J connectivity index is 1.99. The Bertz CT molecular complexity index is 425. The Hall–Kier alpha value is -1.16. The summed E-state index contributed by atoms with van der Waals surface area (Å²) in [6.07, 6.45) is 6.77. The quantitative estimate of drug-likeness (QED) is 0.823. The molecule has 3 nitrogen and oxygen atoms in total. The summed E-state index contributed by atoms with van der Waals surface area (Å²) in [4.78, 5) is 4.76. The van der Waals surface area contributed by atoms with Crippen molar-refractivity contribution >= 4 is 23.0 Å². The third-order valence-electron chi connectivity index (χ3n) is 3.61. The van der Waals surface area contributed by atoms with Gasteiger partial charge in [-0.3, -0.25) is 0 Å². The van der Waals surface area contributed by atoms with Crippen molar-refractivity contribution in [3.63, 3.8) is 0 Å². The van der Waals surface area contributed by atoms with Crippen molar-refractivity contribution in [2.75, 3.05) is 5.32 Å². The van der Waals surface area contributed by atoms with E-state index in [2.05, 4.69) is 24.1 Å². The van der Waals surface area contributed by atoms with Gasteiger partial charge in [0.1, 0.15) is 10.8 Å². The molecule has 1 saturated carbocycles. The minimum absolute atomic E-state index is 0.396. The number of nitrogens with one attached hydrogen (secondary N) is 1. The number of nitrogens with two attached hydrogens (primary N) is 1. The number of rotatable bonds is 3. The van der Waals surface area contributed by atoms with E-state index in [1.165, 1.54) is 25.7 Å². The fourth-order valence-corrected chi connectivity index (χ4v) is 2.78. The van der Waals surface area contributed by atoms with Crippen LogP contribution in [-0.4, -0.2) is 16.0 Å². The van der Waals surface area contributed by atoms with Crippen molar-refractivity contribution < 1.29 is 0 Å². The van der Waals surface area contributed by atoms with E-state index in [0.29, 0.717) is 16.4 Å². The van der Waals surface area contributed by atoms with Gasteiger partial charge in [-0.1, -0.05) is 32.5 Å². The predicted octanol–water partition coefficient (Wildman–Crippen LogP) is 3.10. The van der Waals surface area contributed by atoms with Crippen LogP contribution in [0.1, 0.15) is 45.1 Å². The lowest BCUT2D eigenvalue weighted by Gasteiger charge is -2.35. The van der Waals surface area contributed by atoms with Crippen LogP contribution in [-0.2, 0) is 0 Å². The zero-order chi connectivity index (χ0) is 13.2. The number of thiocarbonyl (C=S) groups is 1. The Morgan fingerprint density at radius 3 is 2.83 bits per heavy atom. The molecule has 1 aromatic heterocycles. The molecule has 1 unspecified atom stereocenters. The van der Waals surface area contributed by atoms with Crippen LogP contribution in [0.15, 0.2) is 18.3 Å². The van der Waals surface area contributed by atoms with E-state index in [1.54, 1.807) is 6.20 Å². The van der Waals surface area contributed by atoms with Gasteiger partial charge in [0.15, 0.2) is 0 Å². The molecule has 2 rings (SSSR count). The highest BCUT2D eigenvalue weighted by Gasteiger charge is 2.27. The van der Waals surface area contributed by atoms with Gasteiger partial charge in [-0.25, -0.2) is 4.98 Å². The summed E-state index contributed by atoms with van der Waals surface area (Å²) in [5.41, 5.74) is 6.81. The van der Waals surface area contributed by atoms with Crippen molar-refractivity contribution in [3.8, 4) is 0 Å². The minimum atomic E-state index is 0.396. The van der Waals surface area contributed by atoms with Gasteiger partial charge in [0.25, 0.3) is 0 Å². The minimum Gasteiger partial charge on any atom is -0.389 e. The van der Waals surface area contributed by atoms with Crippen LogP contribution in [0.3, 0.4) is 0 Å². The molecule has 1 aromatic rings. The van der Waals surface area contributed by atoms with Crippen molar-refractivity contribution in [1.82, 2.24) is 4.98 Å². The van der Waals surface area contributed by atoms with Crippen molar-refractivity contribution in [2.45, 2.75) is 45.6 Å². The molecule has 0 aromatic carbocycles. The van der Waals surface area contributed by atoms with Crippen LogP contribution in [0.4, 0.5) is 5.82 Å². The molecule has 0 radical (unpaired) electrons. The molecule has 4 heteroatoms. The summed E-state index contributed by atoms with van der Waals surface area (Å²) in [7, 11) is 0. The molecule has 1 heterocycles. The van der Waals surface area contributed by atoms with Gasteiger partial charge in [-0.2, -0.15) is 0 Å². The molecule has 0 spiro atoms. The highest BCUT2D eigenvalue weighted by Crippen LogP contribution is 2.36. The van der Waals surface area contributed by atoms with E-state index >= 15 is 0 Å². The first-order valence-electron chi connectivity index (χ1n) is 6.49. The smallest absolute Gasteiger partial charge is 0.126 e. The summed E-state index contributed by atoms with van der Waals surface area (Å²) < 4.78 is 0. The fourth-order valence-electron chi connectivity index (χ4n) is 2.66. The topological polar surface area (TPSA) is 50.9 Å². The summed E-state index contributed by atoms with van der Waals surface area (Å²) in [5, 5.41) is 3.51. The Morgan fingerprint density at radius 1 is 1.50 bits per heavy atom. The van der Waals surface area contributed by atoms with E-state index in [9.17, 15) is 0 Å². The van der Waals surface area contributed by atoms with Gasteiger partial charge < -0.3 is 11.1 Å². The number of hydrogen-bond acceptors (Lipinski definition) is 3. The second-order valence-electron chi connectivity index (χ2n) is 5.90. The van der Waals surface area contributed by atoms with E-state index in [0.717, 1.165) is 11.4 Å². The number of aromatic nitrogens is 1. The van der Waals surface area contributed by atoms with Crippen LogP contribution in [0, 0.1) is 5.41 Å². The van der Waals surface area contributed by atoms with Crippen LogP contribution in [0.5, 0.6) is 0 Å². The van der Waals surface area contributed by atoms with Crippen LogP contribution in [0.25, 0.3) is 0 Å². The molecule has 1 fully saturated rings. The van der Waals surface area contributed by atoms with E-state index in [4.69, 9.17) is 18.0 Å². The van der Waals surface area contributed by atoms with Crippen LogP contribution in [0.2, 0.25) is 0 Å². The number of nitrogens with zero attached hydrogens (tertiary/aromatic N) is 1. The van der Waals surface area contributed by atoms with Crippen molar-refractivity contribution in [3.05, 3.63) is 23.9 Å². The molecular weight excluding hydrogens is 242 g/mol. The van der Waals surface area contributed by atoms with Crippen LogP contribution < -0.4 is 11.1 Å². The fraction of sp³-hybridized carbons (Fsp3) is 0.571. The first-order chi connectivity index (χ1) is 8.46. The van der Waals surface area contributed by atoms with Gasteiger partial charge in [-0.15, -0.1) is 0 Å². The molecule has 1 aliphatic carbocycles. The molecule has 1 aliphatic rings. The summed E-state index contributed by atoms with van der Waals surface area (Å²) in [6.45, 7) is 4.68. The number of pyridine rings is 1. The van der Waals surface area contributed by atoms with Crippen molar-refractivity contribution in [1.29, 1.82) is 0 Å². The molecule has 0 saturated heterocycles. The zero-order valence-electron chi connectivity index (χ0n) is 11.1. The Labute approximate surface area is 114 Å². The molecule has 98 valence electrons. The Kier molecular flexibility index (Phi) is 3.85. The van der Waals surface area contributed by atoms with Crippen LogP contribution >= 0.6 is 12.2 Å². The van der Waals surface area contributed by atoms with Gasteiger partial charge in [-0.05, 0) is 36.8 Å². The maximum Gasteiger partial charge on any atom is 0.126 e. The van der Waals surface area contributed by atoms with Gasteiger partial charge >= 0.3 is 0 Å². The third-order valence-corrected chi connectivity index (χ3v) is 3.84. The average molecular weight is 263 g/mol. The van der Waals surface area contributed by atoms with E-state index in [-0.39, 0.29) is 0 Å². The average Bonchev–Trinajstić information content (AvgIpc) is 2.28. The maximum absolute atomic E-state index is 5.55. The second-order valence-corrected chi connectivity index (χ2v) is 6.34. The zero-order valence-corrected chi connectivity index (χ0v) is 11.9. The summed E-state index contributed by atoms with van der Waals surface area (Å²) in [6, 6.07) is 4.40. The maximum atomic E-state index is 5.55. The van der Waals surface area contributed by atoms with Gasteiger partial charge in [0, 0.05) is 17.8 Å². The molecule has 1 atom stereocenters. The highest BCUT2D eigenvalue weighted by atomic mass is 32.1. The lowest BCUT2D eigenvalue weighted by molar-refractivity contribution is 0.229. The molecular formula is C14H21N3S. The summed E-state index contributed by atoms with van der Waals surface area (Å²) in [5.74, 6) is 0.915. The molecule has 0 amide bonds. The lowest BCUT2D eigenvalue weighted by atomic mass is 9.75. The largest absolute Gasteiger partial charge is 0.389 e. The third kappa shape index (κ3) is 3.42. The first-order valence-corrected chi connectivity index (χ1v) is 6.89.